The van der Waals surface area contributed by atoms with Crippen LogP contribution >= 0.6 is 11.8 Å². The molecule has 0 bridgehead atoms. The molecule has 17 heavy (non-hydrogen) atoms. The smallest absolute Gasteiger partial charge is 0.133 e. The number of anilines is 1. The molecular formula is C12H21N3OS. The standard InChI is InChI=1S/C12H21N3OS/c1-4-10-11(13-5-2)14-8-15-12(10)17-9(3)6-7-16/h8-9,16H,4-7H2,1-3H3,(H,13,14,15). The van der Waals surface area contributed by atoms with Crippen LogP contribution in [0.15, 0.2) is 11.4 Å². The van der Waals surface area contributed by atoms with Gasteiger partial charge in [-0.3, -0.25) is 0 Å². The molecule has 0 amide bonds. The fourth-order valence-corrected chi connectivity index (χ4v) is 2.66. The number of rotatable bonds is 7. The van der Waals surface area contributed by atoms with E-state index in [1.165, 1.54) is 5.56 Å². The SMILES string of the molecule is CCNc1ncnc(SC(C)CCO)c1CC. The van der Waals surface area contributed by atoms with E-state index in [1.807, 2.05) is 0 Å². The minimum Gasteiger partial charge on any atom is -0.396 e. The highest BCUT2D eigenvalue weighted by Crippen LogP contribution is 2.29. The second-order valence-corrected chi connectivity index (χ2v) is 5.26. The first-order valence-corrected chi connectivity index (χ1v) is 6.96. The number of aromatic nitrogens is 2. The lowest BCUT2D eigenvalue weighted by Crippen LogP contribution is -2.07. The van der Waals surface area contributed by atoms with Crippen LogP contribution in [0.5, 0.6) is 0 Å². The summed E-state index contributed by atoms with van der Waals surface area (Å²) in [7, 11) is 0. The van der Waals surface area contributed by atoms with Gasteiger partial charge in [0.1, 0.15) is 17.2 Å². The summed E-state index contributed by atoms with van der Waals surface area (Å²) in [5, 5.41) is 13.6. The van der Waals surface area contributed by atoms with Gasteiger partial charge < -0.3 is 10.4 Å². The Bertz CT molecular complexity index is 347. The molecule has 1 rings (SSSR count). The molecular weight excluding hydrogens is 234 g/mol. The van der Waals surface area contributed by atoms with E-state index in [0.717, 1.165) is 30.2 Å². The van der Waals surface area contributed by atoms with E-state index >= 15 is 0 Å². The van der Waals surface area contributed by atoms with Crippen LogP contribution in [-0.2, 0) is 6.42 Å². The van der Waals surface area contributed by atoms with Crippen molar-refractivity contribution in [3.8, 4) is 0 Å². The lowest BCUT2D eigenvalue weighted by atomic mass is 10.2. The van der Waals surface area contributed by atoms with Crippen molar-refractivity contribution in [2.75, 3.05) is 18.5 Å². The Morgan fingerprint density at radius 2 is 2.18 bits per heavy atom. The molecule has 0 aliphatic rings. The Hall–Kier alpha value is -0.810. The number of thioether (sulfide) groups is 1. The van der Waals surface area contributed by atoms with Gasteiger partial charge in [-0.1, -0.05) is 13.8 Å². The predicted molar refractivity (Wildman–Crippen MR) is 72.6 cm³/mol. The van der Waals surface area contributed by atoms with Gasteiger partial charge in [-0.25, -0.2) is 9.97 Å². The number of hydrogen-bond donors (Lipinski definition) is 2. The monoisotopic (exact) mass is 255 g/mol. The van der Waals surface area contributed by atoms with Crippen LogP contribution in [0.3, 0.4) is 0 Å². The summed E-state index contributed by atoms with van der Waals surface area (Å²) >= 11 is 1.71. The molecule has 0 aliphatic heterocycles. The van der Waals surface area contributed by atoms with E-state index in [9.17, 15) is 0 Å². The molecule has 2 N–H and O–H groups in total. The highest BCUT2D eigenvalue weighted by Gasteiger charge is 2.12. The minimum atomic E-state index is 0.223. The largest absolute Gasteiger partial charge is 0.396 e. The maximum absolute atomic E-state index is 8.92. The molecule has 5 heteroatoms. The predicted octanol–water partition coefficient (Wildman–Crippen LogP) is 2.33. The van der Waals surface area contributed by atoms with Crippen LogP contribution in [0.2, 0.25) is 0 Å². The Kier molecular flexibility index (Phi) is 6.29. The zero-order chi connectivity index (χ0) is 12.7. The summed E-state index contributed by atoms with van der Waals surface area (Å²) in [6.45, 7) is 7.36. The van der Waals surface area contributed by atoms with Crippen molar-refractivity contribution in [1.82, 2.24) is 9.97 Å². The normalized spacial score (nSPS) is 12.5. The molecule has 0 saturated carbocycles. The van der Waals surface area contributed by atoms with Gasteiger partial charge in [-0.05, 0) is 19.8 Å². The molecule has 1 atom stereocenters. The van der Waals surface area contributed by atoms with Gasteiger partial charge in [0.2, 0.25) is 0 Å². The molecule has 96 valence electrons. The average molecular weight is 255 g/mol. The van der Waals surface area contributed by atoms with Crippen molar-refractivity contribution < 1.29 is 5.11 Å². The first kappa shape index (κ1) is 14.3. The summed E-state index contributed by atoms with van der Waals surface area (Å²) in [4.78, 5) is 8.61. The van der Waals surface area contributed by atoms with Gasteiger partial charge in [0.25, 0.3) is 0 Å². The Labute approximate surface area is 107 Å². The lowest BCUT2D eigenvalue weighted by molar-refractivity contribution is 0.289. The zero-order valence-corrected chi connectivity index (χ0v) is 11.5. The summed E-state index contributed by atoms with van der Waals surface area (Å²) in [6, 6.07) is 0. The number of nitrogens with one attached hydrogen (secondary N) is 1. The topological polar surface area (TPSA) is 58.0 Å². The van der Waals surface area contributed by atoms with Crippen LogP contribution < -0.4 is 5.32 Å². The van der Waals surface area contributed by atoms with Crippen LogP contribution in [-0.4, -0.2) is 33.5 Å². The van der Waals surface area contributed by atoms with Gasteiger partial charge in [-0.15, -0.1) is 11.8 Å². The highest BCUT2D eigenvalue weighted by atomic mass is 32.2. The highest BCUT2D eigenvalue weighted by molar-refractivity contribution is 7.99. The summed E-state index contributed by atoms with van der Waals surface area (Å²) < 4.78 is 0. The Morgan fingerprint density at radius 3 is 2.76 bits per heavy atom. The third kappa shape index (κ3) is 4.16. The molecule has 0 fully saturated rings. The summed E-state index contributed by atoms with van der Waals surface area (Å²) in [6.07, 6.45) is 3.30. The quantitative estimate of drug-likeness (QED) is 0.578. The molecule has 4 nitrogen and oxygen atoms in total. The van der Waals surface area contributed by atoms with Crippen molar-refractivity contribution in [2.24, 2.45) is 0 Å². The van der Waals surface area contributed by atoms with E-state index in [2.05, 4.69) is 36.1 Å². The Balaban J connectivity index is 2.86. The Morgan fingerprint density at radius 1 is 1.41 bits per heavy atom. The number of hydrogen-bond acceptors (Lipinski definition) is 5. The van der Waals surface area contributed by atoms with Gasteiger partial charge in [0, 0.05) is 24.0 Å². The zero-order valence-electron chi connectivity index (χ0n) is 10.7. The second-order valence-electron chi connectivity index (χ2n) is 3.83. The van der Waals surface area contributed by atoms with Crippen LogP contribution in [0.1, 0.15) is 32.8 Å². The molecule has 1 unspecified atom stereocenters. The van der Waals surface area contributed by atoms with Crippen LogP contribution in [0.25, 0.3) is 0 Å². The van der Waals surface area contributed by atoms with Crippen molar-refractivity contribution in [3.63, 3.8) is 0 Å². The molecule has 1 aromatic heterocycles. The molecule has 1 heterocycles. The summed E-state index contributed by atoms with van der Waals surface area (Å²) in [5.74, 6) is 0.934. The van der Waals surface area contributed by atoms with Gasteiger partial charge in [0.05, 0.1) is 0 Å². The summed E-state index contributed by atoms with van der Waals surface area (Å²) in [5.41, 5.74) is 1.17. The van der Waals surface area contributed by atoms with Crippen molar-refractivity contribution in [3.05, 3.63) is 11.9 Å². The molecule has 0 radical (unpaired) electrons. The number of nitrogens with zero attached hydrogens (tertiary/aromatic N) is 2. The molecule has 1 aromatic rings. The maximum Gasteiger partial charge on any atom is 0.133 e. The molecule has 0 aromatic carbocycles. The first-order chi connectivity index (χ1) is 8.22. The van der Waals surface area contributed by atoms with Crippen LogP contribution in [0.4, 0.5) is 5.82 Å². The van der Waals surface area contributed by atoms with Gasteiger partial charge in [-0.2, -0.15) is 0 Å². The van der Waals surface area contributed by atoms with E-state index in [4.69, 9.17) is 5.11 Å². The van der Waals surface area contributed by atoms with E-state index in [1.54, 1.807) is 18.1 Å². The van der Waals surface area contributed by atoms with Crippen molar-refractivity contribution in [1.29, 1.82) is 0 Å². The van der Waals surface area contributed by atoms with Crippen molar-refractivity contribution in [2.45, 2.75) is 43.9 Å². The van der Waals surface area contributed by atoms with Crippen molar-refractivity contribution >= 4 is 17.6 Å². The number of aliphatic hydroxyl groups is 1. The molecule has 0 spiro atoms. The van der Waals surface area contributed by atoms with Crippen LogP contribution in [0, 0.1) is 0 Å². The first-order valence-electron chi connectivity index (χ1n) is 6.08. The fraction of sp³-hybridized carbons (Fsp3) is 0.667. The lowest BCUT2D eigenvalue weighted by Gasteiger charge is -2.14. The number of aliphatic hydroxyl groups excluding tert-OH is 1. The van der Waals surface area contributed by atoms with E-state index in [-0.39, 0.29) is 6.61 Å². The third-order valence-electron chi connectivity index (χ3n) is 2.45. The average Bonchev–Trinajstić information content (AvgIpc) is 2.30. The maximum atomic E-state index is 8.92. The third-order valence-corrected chi connectivity index (χ3v) is 3.67. The van der Waals surface area contributed by atoms with E-state index in [0.29, 0.717) is 5.25 Å². The minimum absolute atomic E-state index is 0.223. The van der Waals surface area contributed by atoms with Gasteiger partial charge >= 0.3 is 0 Å². The van der Waals surface area contributed by atoms with Gasteiger partial charge in [0.15, 0.2) is 0 Å². The molecule has 0 aliphatic carbocycles. The second kappa shape index (κ2) is 7.50. The molecule has 0 saturated heterocycles. The fourth-order valence-electron chi connectivity index (χ4n) is 1.57. The van der Waals surface area contributed by atoms with E-state index < -0.39 is 0 Å².